The monoisotopic (exact) mass is 342 g/mol. The second-order valence-corrected chi connectivity index (χ2v) is 6.39. The first-order chi connectivity index (χ1) is 12.2. The summed E-state index contributed by atoms with van der Waals surface area (Å²) in [4.78, 5) is 16.1. The molecule has 0 atom stereocenters. The van der Waals surface area contributed by atoms with Gasteiger partial charge in [-0.1, -0.05) is 17.3 Å². The molecular weight excluding hydrogens is 323 g/mol. The van der Waals surface area contributed by atoms with Gasteiger partial charge in [-0.25, -0.2) is 4.39 Å². The molecule has 1 saturated carbocycles. The van der Waals surface area contributed by atoms with E-state index in [4.69, 9.17) is 4.52 Å². The number of benzene rings is 1. The van der Waals surface area contributed by atoms with Crippen LogP contribution in [0.25, 0.3) is 22.5 Å². The van der Waals surface area contributed by atoms with Gasteiger partial charge in [0.15, 0.2) is 5.82 Å². The maximum absolute atomic E-state index is 13.0. The molecule has 1 aliphatic rings. The first kappa shape index (κ1) is 15.8. The van der Waals surface area contributed by atoms with Crippen molar-refractivity contribution in [1.82, 2.24) is 20.0 Å². The van der Waals surface area contributed by atoms with Crippen LogP contribution in [0.15, 0.2) is 28.8 Å². The molecule has 0 spiro atoms. The van der Waals surface area contributed by atoms with E-state index in [9.17, 15) is 9.18 Å². The summed E-state index contributed by atoms with van der Waals surface area (Å²) >= 11 is 0. The Kier molecular flexibility index (Phi) is 3.99. The molecule has 1 aliphatic carbocycles. The third-order valence-corrected chi connectivity index (χ3v) is 4.53. The van der Waals surface area contributed by atoms with Gasteiger partial charge >= 0.3 is 0 Å². The molecule has 0 unspecified atom stereocenters. The van der Waals surface area contributed by atoms with Gasteiger partial charge in [0.1, 0.15) is 12.4 Å². The summed E-state index contributed by atoms with van der Waals surface area (Å²) in [7, 11) is 0. The maximum atomic E-state index is 13.0. The van der Waals surface area contributed by atoms with E-state index < -0.39 is 6.67 Å². The molecule has 130 valence electrons. The molecule has 0 bridgehead atoms. The number of fused-ring (bicyclic) bond motifs is 1. The highest BCUT2D eigenvalue weighted by atomic mass is 19.1. The highest BCUT2D eigenvalue weighted by Crippen LogP contribution is 2.30. The number of hydrogen-bond donors (Lipinski definition) is 1. The van der Waals surface area contributed by atoms with E-state index in [0.717, 1.165) is 29.3 Å². The zero-order valence-electron chi connectivity index (χ0n) is 14.0. The van der Waals surface area contributed by atoms with E-state index in [2.05, 4.69) is 15.5 Å². The van der Waals surface area contributed by atoms with Gasteiger partial charge in [-0.05, 0) is 37.5 Å². The molecule has 7 heteroatoms. The second-order valence-electron chi connectivity index (χ2n) is 6.39. The normalized spacial score (nSPS) is 14.2. The summed E-state index contributed by atoms with van der Waals surface area (Å²) in [5, 5.41) is 7.78. The number of halogens is 1. The molecule has 6 nitrogen and oxygen atoms in total. The van der Waals surface area contributed by atoms with Crippen LogP contribution in [0.2, 0.25) is 0 Å². The lowest BCUT2D eigenvalue weighted by atomic mass is 10.1. The quantitative estimate of drug-likeness (QED) is 0.747. The van der Waals surface area contributed by atoms with E-state index in [1.54, 1.807) is 0 Å². The summed E-state index contributed by atoms with van der Waals surface area (Å²) in [5.74, 6) is 0.924. The van der Waals surface area contributed by atoms with Gasteiger partial charge in [0.2, 0.25) is 5.91 Å². The van der Waals surface area contributed by atoms with Crippen molar-refractivity contribution in [2.24, 2.45) is 5.92 Å². The lowest BCUT2D eigenvalue weighted by Crippen LogP contribution is -2.24. The first-order valence-corrected chi connectivity index (χ1v) is 8.43. The van der Waals surface area contributed by atoms with E-state index in [0.29, 0.717) is 17.4 Å². The number of rotatable bonds is 6. The van der Waals surface area contributed by atoms with Crippen molar-refractivity contribution in [3.8, 4) is 11.6 Å². The van der Waals surface area contributed by atoms with Crippen molar-refractivity contribution in [3.05, 3.63) is 35.7 Å². The number of carbonyl (C=O) groups is 1. The number of nitrogens with one attached hydrogen (secondary N) is 1. The van der Waals surface area contributed by atoms with Gasteiger partial charge in [-0.3, -0.25) is 4.79 Å². The minimum Gasteiger partial charge on any atom is -0.348 e. The molecule has 3 aromatic rings. The lowest BCUT2D eigenvalue weighted by molar-refractivity contribution is -0.122. The fourth-order valence-electron chi connectivity index (χ4n) is 3.02. The second kappa shape index (κ2) is 6.31. The van der Waals surface area contributed by atoms with Gasteiger partial charge < -0.3 is 14.4 Å². The average molecular weight is 342 g/mol. The fourth-order valence-corrected chi connectivity index (χ4v) is 3.02. The summed E-state index contributed by atoms with van der Waals surface area (Å²) in [6.07, 6.45) is 1.90. The molecule has 2 heterocycles. The Morgan fingerprint density at radius 1 is 1.44 bits per heavy atom. The SMILES string of the molecule is Cc1cccc2c1cc(-c1nc(CNC(=O)C3CC3)no1)n2CCF. The molecule has 1 N–H and O–H groups in total. The van der Waals surface area contributed by atoms with Crippen LogP contribution in [-0.4, -0.2) is 27.3 Å². The minimum atomic E-state index is -0.483. The number of carbonyl (C=O) groups excluding carboxylic acids is 1. The highest BCUT2D eigenvalue weighted by molar-refractivity contribution is 5.88. The van der Waals surface area contributed by atoms with E-state index in [1.807, 2.05) is 35.8 Å². The first-order valence-electron chi connectivity index (χ1n) is 8.43. The van der Waals surface area contributed by atoms with Gasteiger partial charge in [-0.15, -0.1) is 0 Å². The zero-order valence-corrected chi connectivity index (χ0v) is 14.0. The fraction of sp³-hybridized carbons (Fsp3) is 0.389. The Labute approximate surface area is 144 Å². The summed E-state index contributed by atoms with van der Waals surface area (Å²) in [6, 6.07) is 7.86. The van der Waals surface area contributed by atoms with Gasteiger partial charge in [0.25, 0.3) is 5.89 Å². The maximum Gasteiger partial charge on any atom is 0.274 e. The predicted octanol–water partition coefficient (Wildman–Crippen LogP) is 3.00. The molecule has 0 radical (unpaired) electrons. The zero-order chi connectivity index (χ0) is 17.4. The molecule has 1 fully saturated rings. The van der Waals surface area contributed by atoms with E-state index in [1.165, 1.54) is 0 Å². The van der Waals surface area contributed by atoms with Crippen molar-refractivity contribution in [2.45, 2.75) is 32.9 Å². The van der Waals surface area contributed by atoms with Crippen LogP contribution in [0, 0.1) is 12.8 Å². The lowest BCUT2D eigenvalue weighted by Gasteiger charge is -2.05. The Hall–Kier alpha value is -2.70. The van der Waals surface area contributed by atoms with Gasteiger partial charge in [0, 0.05) is 16.8 Å². The molecule has 2 aromatic heterocycles. The van der Waals surface area contributed by atoms with Crippen LogP contribution in [0.4, 0.5) is 4.39 Å². The van der Waals surface area contributed by atoms with Crippen LogP contribution in [0.5, 0.6) is 0 Å². The van der Waals surface area contributed by atoms with Gasteiger partial charge in [0.05, 0.1) is 13.1 Å². The van der Waals surface area contributed by atoms with Gasteiger partial charge in [-0.2, -0.15) is 4.98 Å². The third-order valence-electron chi connectivity index (χ3n) is 4.53. The van der Waals surface area contributed by atoms with Crippen LogP contribution < -0.4 is 5.32 Å². The molecule has 4 rings (SSSR count). The van der Waals surface area contributed by atoms with E-state index in [-0.39, 0.29) is 24.9 Å². The Morgan fingerprint density at radius 3 is 3.04 bits per heavy atom. The summed E-state index contributed by atoms with van der Waals surface area (Å²) in [6.45, 7) is 1.99. The Morgan fingerprint density at radius 2 is 2.28 bits per heavy atom. The van der Waals surface area contributed by atoms with Crippen molar-refractivity contribution >= 4 is 16.8 Å². The van der Waals surface area contributed by atoms with Crippen molar-refractivity contribution < 1.29 is 13.7 Å². The largest absolute Gasteiger partial charge is 0.348 e. The molecule has 1 amide bonds. The van der Waals surface area contributed by atoms with Crippen molar-refractivity contribution in [3.63, 3.8) is 0 Å². The Bertz CT molecular complexity index is 926. The number of alkyl halides is 1. The number of hydrogen-bond acceptors (Lipinski definition) is 4. The summed E-state index contributed by atoms with van der Waals surface area (Å²) in [5.41, 5.74) is 2.73. The topological polar surface area (TPSA) is 73.0 Å². The standard InChI is InChI=1S/C18H19FN4O2/c1-11-3-2-4-14-13(11)9-15(23(14)8-7-19)18-21-16(22-25-18)10-20-17(24)12-5-6-12/h2-4,9,12H,5-8,10H2,1H3,(H,20,24). The highest BCUT2D eigenvalue weighted by Gasteiger charge is 2.29. The van der Waals surface area contributed by atoms with Crippen LogP contribution in [0.3, 0.4) is 0 Å². The minimum absolute atomic E-state index is 0.0357. The predicted molar refractivity (Wildman–Crippen MR) is 90.5 cm³/mol. The average Bonchev–Trinajstić information content (AvgIpc) is 3.25. The number of amides is 1. The third kappa shape index (κ3) is 3.01. The molecular formula is C18H19FN4O2. The van der Waals surface area contributed by atoms with Crippen LogP contribution >= 0.6 is 0 Å². The number of nitrogens with zero attached hydrogens (tertiary/aromatic N) is 3. The number of aromatic nitrogens is 3. The summed E-state index contributed by atoms with van der Waals surface area (Å²) < 4.78 is 20.3. The molecule has 0 saturated heterocycles. The van der Waals surface area contributed by atoms with Crippen LogP contribution in [0.1, 0.15) is 24.2 Å². The van der Waals surface area contributed by atoms with Crippen molar-refractivity contribution in [2.75, 3.05) is 6.67 Å². The Balaban J connectivity index is 1.63. The molecule has 1 aromatic carbocycles. The number of aryl methyl sites for hydroxylation is 2. The smallest absolute Gasteiger partial charge is 0.274 e. The molecule has 0 aliphatic heterocycles. The van der Waals surface area contributed by atoms with E-state index >= 15 is 0 Å². The molecule has 25 heavy (non-hydrogen) atoms. The van der Waals surface area contributed by atoms with Crippen molar-refractivity contribution in [1.29, 1.82) is 0 Å². The van der Waals surface area contributed by atoms with Crippen LogP contribution in [-0.2, 0) is 17.9 Å².